The molecule has 0 radical (unpaired) electrons. The second-order valence-electron chi connectivity index (χ2n) is 6.27. The quantitative estimate of drug-likeness (QED) is 0.779. The molecule has 1 saturated carbocycles. The highest BCUT2D eigenvalue weighted by Crippen LogP contribution is 2.43. The number of benzene rings is 2. The average Bonchev–Trinajstić information content (AvgIpc) is 3.04. The fourth-order valence-electron chi connectivity index (χ4n) is 3.59. The van der Waals surface area contributed by atoms with E-state index >= 15 is 0 Å². The van der Waals surface area contributed by atoms with Crippen molar-refractivity contribution < 1.29 is 8.42 Å². The number of hydrogen-bond donors (Lipinski definition) is 0. The molecule has 0 aromatic heterocycles. The summed E-state index contributed by atoms with van der Waals surface area (Å²) in [4.78, 5) is 0.691. The van der Waals surface area contributed by atoms with Gasteiger partial charge >= 0.3 is 0 Å². The van der Waals surface area contributed by atoms with E-state index < -0.39 is 9.84 Å². The Morgan fingerprint density at radius 3 is 2.22 bits per heavy atom. The maximum atomic E-state index is 12.7. The van der Waals surface area contributed by atoms with E-state index in [0.29, 0.717) is 28.1 Å². The van der Waals surface area contributed by atoms with Gasteiger partial charge in [-0.25, -0.2) is 8.42 Å². The first kappa shape index (κ1) is 16.0. The van der Waals surface area contributed by atoms with Gasteiger partial charge in [-0.15, -0.1) is 0 Å². The lowest BCUT2D eigenvalue weighted by molar-refractivity contribution is 0.484. The van der Waals surface area contributed by atoms with Crippen LogP contribution in [0.4, 0.5) is 0 Å². The van der Waals surface area contributed by atoms with Crippen molar-refractivity contribution in [3.63, 3.8) is 0 Å². The summed E-state index contributed by atoms with van der Waals surface area (Å²) < 4.78 is 25.3. The van der Waals surface area contributed by atoms with Gasteiger partial charge in [-0.1, -0.05) is 61.5 Å². The van der Waals surface area contributed by atoms with Crippen molar-refractivity contribution in [1.82, 2.24) is 0 Å². The van der Waals surface area contributed by atoms with Gasteiger partial charge in [0.15, 0.2) is 0 Å². The van der Waals surface area contributed by atoms with Crippen molar-refractivity contribution in [1.29, 1.82) is 0 Å². The van der Waals surface area contributed by atoms with Crippen LogP contribution in [0.3, 0.4) is 0 Å². The van der Waals surface area contributed by atoms with Crippen LogP contribution in [0.15, 0.2) is 77.0 Å². The van der Waals surface area contributed by atoms with Crippen LogP contribution in [0, 0.1) is 5.92 Å². The molecule has 0 amide bonds. The average molecular weight is 326 g/mol. The smallest absolute Gasteiger partial charge is 0.202 e. The summed E-state index contributed by atoms with van der Waals surface area (Å²) in [5, 5.41) is 0. The van der Waals surface area contributed by atoms with Crippen LogP contribution in [0.1, 0.15) is 37.2 Å². The van der Waals surface area contributed by atoms with Crippen LogP contribution >= 0.6 is 0 Å². The van der Waals surface area contributed by atoms with Gasteiger partial charge in [0.25, 0.3) is 0 Å². The standard InChI is InChI=1S/C20H22O2S/c1-16(23(21,22)19-12-6-3-7-13-19)15-18-11-8-14-20(18)17-9-4-2-5-10-17/h2-7,9-10,12-13,18,20H,1,8,11,14-15H2/t18-,20-/m0/s1. The van der Waals surface area contributed by atoms with Crippen LogP contribution in [0.2, 0.25) is 0 Å². The number of sulfone groups is 1. The Morgan fingerprint density at radius 2 is 1.57 bits per heavy atom. The van der Waals surface area contributed by atoms with Crippen LogP contribution in [-0.4, -0.2) is 8.42 Å². The van der Waals surface area contributed by atoms with E-state index in [9.17, 15) is 8.42 Å². The van der Waals surface area contributed by atoms with E-state index in [1.165, 1.54) is 5.56 Å². The second kappa shape index (κ2) is 6.71. The maximum absolute atomic E-state index is 12.7. The van der Waals surface area contributed by atoms with Gasteiger partial charge < -0.3 is 0 Å². The van der Waals surface area contributed by atoms with Gasteiger partial charge in [0.1, 0.15) is 0 Å². The summed E-state index contributed by atoms with van der Waals surface area (Å²) in [6.45, 7) is 3.91. The molecule has 1 aliphatic carbocycles. The van der Waals surface area contributed by atoms with Crippen LogP contribution < -0.4 is 0 Å². The minimum absolute atomic E-state index is 0.344. The first-order chi connectivity index (χ1) is 11.1. The lowest BCUT2D eigenvalue weighted by atomic mass is 9.87. The maximum Gasteiger partial charge on any atom is 0.202 e. The molecule has 0 heterocycles. The summed E-state index contributed by atoms with van der Waals surface area (Å²) in [7, 11) is -3.43. The normalized spacial score (nSPS) is 21.2. The molecule has 23 heavy (non-hydrogen) atoms. The molecule has 1 aliphatic rings. The minimum atomic E-state index is -3.43. The molecule has 3 heteroatoms. The van der Waals surface area contributed by atoms with Crippen LogP contribution in [-0.2, 0) is 9.84 Å². The highest BCUT2D eigenvalue weighted by Gasteiger charge is 2.31. The highest BCUT2D eigenvalue weighted by molar-refractivity contribution is 7.95. The molecule has 2 aromatic rings. The molecule has 120 valence electrons. The van der Waals surface area contributed by atoms with Crippen molar-refractivity contribution in [2.75, 3.05) is 0 Å². The summed E-state index contributed by atoms with van der Waals surface area (Å²) in [5.41, 5.74) is 1.32. The molecule has 2 atom stereocenters. The molecule has 0 spiro atoms. The zero-order chi connectivity index (χ0) is 16.3. The van der Waals surface area contributed by atoms with Gasteiger partial charge in [-0.3, -0.25) is 0 Å². The Hall–Kier alpha value is -1.87. The van der Waals surface area contributed by atoms with E-state index in [1.54, 1.807) is 24.3 Å². The lowest BCUT2D eigenvalue weighted by Crippen LogP contribution is -2.12. The van der Waals surface area contributed by atoms with E-state index in [0.717, 1.165) is 19.3 Å². The summed E-state index contributed by atoms with van der Waals surface area (Å²) in [5.74, 6) is 0.808. The van der Waals surface area contributed by atoms with E-state index in [4.69, 9.17) is 0 Å². The fourth-order valence-corrected chi connectivity index (χ4v) is 4.87. The van der Waals surface area contributed by atoms with E-state index in [-0.39, 0.29) is 0 Å². The van der Waals surface area contributed by atoms with Gasteiger partial charge in [0.05, 0.1) is 4.90 Å². The molecule has 0 bridgehead atoms. The molecule has 1 fully saturated rings. The monoisotopic (exact) mass is 326 g/mol. The van der Waals surface area contributed by atoms with Crippen molar-refractivity contribution in [3.05, 3.63) is 77.7 Å². The first-order valence-corrected chi connectivity index (χ1v) is 9.60. The summed E-state index contributed by atoms with van der Waals surface area (Å²) >= 11 is 0. The van der Waals surface area contributed by atoms with E-state index in [1.807, 2.05) is 12.1 Å². The zero-order valence-corrected chi connectivity index (χ0v) is 14.0. The topological polar surface area (TPSA) is 34.1 Å². The third-order valence-electron chi connectivity index (χ3n) is 4.81. The van der Waals surface area contributed by atoms with Crippen LogP contribution in [0.25, 0.3) is 0 Å². The largest absolute Gasteiger partial charge is 0.219 e. The molecular weight excluding hydrogens is 304 g/mol. The van der Waals surface area contributed by atoms with Crippen molar-refractivity contribution in [2.24, 2.45) is 5.92 Å². The number of rotatable bonds is 5. The Bertz CT molecular complexity index is 764. The van der Waals surface area contributed by atoms with Gasteiger partial charge in [0, 0.05) is 4.91 Å². The predicted octanol–water partition coefficient (Wildman–Crippen LogP) is 4.95. The molecule has 2 aromatic carbocycles. The molecule has 0 saturated heterocycles. The molecule has 0 unspecified atom stereocenters. The zero-order valence-electron chi connectivity index (χ0n) is 13.2. The molecular formula is C20H22O2S. The first-order valence-electron chi connectivity index (χ1n) is 8.12. The highest BCUT2D eigenvalue weighted by atomic mass is 32.2. The van der Waals surface area contributed by atoms with Gasteiger partial charge in [0.2, 0.25) is 9.84 Å². The molecule has 0 aliphatic heterocycles. The third-order valence-corrected chi connectivity index (χ3v) is 6.63. The predicted molar refractivity (Wildman–Crippen MR) is 93.9 cm³/mol. The van der Waals surface area contributed by atoms with Gasteiger partial charge in [-0.05, 0) is 48.8 Å². The van der Waals surface area contributed by atoms with Crippen molar-refractivity contribution in [2.45, 2.75) is 36.5 Å². The Labute approximate surface area is 138 Å². The fraction of sp³-hybridized carbons (Fsp3) is 0.300. The van der Waals surface area contributed by atoms with Crippen molar-refractivity contribution in [3.8, 4) is 0 Å². The molecule has 0 N–H and O–H groups in total. The SMILES string of the molecule is C=C(C[C@@H]1CCC[C@H]1c1ccccc1)S(=O)(=O)c1ccccc1. The number of hydrogen-bond acceptors (Lipinski definition) is 2. The summed E-state index contributed by atoms with van der Waals surface area (Å²) in [6.07, 6.45) is 3.91. The summed E-state index contributed by atoms with van der Waals surface area (Å²) in [6, 6.07) is 19.0. The number of allylic oxidation sites excluding steroid dienone is 1. The minimum Gasteiger partial charge on any atom is -0.219 e. The van der Waals surface area contributed by atoms with E-state index in [2.05, 4.69) is 30.8 Å². The Balaban J connectivity index is 1.77. The Kier molecular flexibility index (Phi) is 4.67. The second-order valence-corrected chi connectivity index (χ2v) is 8.32. The lowest BCUT2D eigenvalue weighted by Gasteiger charge is -2.21. The molecule has 3 rings (SSSR count). The molecule has 2 nitrogen and oxygen atoms in total. The van der Waals surface area contributed by atoms with Crippen molar-refractivity contribution >= 4 is 9.84 Å². The van der Waals surface area contributed by atoms with Gasteiger partial charge in [-0.2, -0.15) is 0 Å². The third kappa shape index (κ3) is 3.40. The van der Waals surface area contributed by atoms with Crippen LogP contribution in [0.5, 0.6) is 0 Å². The Morgan fingerprint density at radius 1 is 0.957 bits per heavy atom.